The molecule has 1 saturated heterocycles. The van der Waals surface area contributed by atoms with Crippen LogP contribution in [0, 0.1) is 11.8 Å². The zero-order valence-electron chi connectivity index (χ0n) is 17.2. The van der Waals surface area contributed by atoms with Crippen LogP contribution in [-0.2, 0) is 13.0 Å². The summed E-state index contributed by atoms with van der Waals surface area (Å²) in [6, 6.07) is 21.7. The normalized spacial score (nSPS) is 13.8. The fourth-order valence-electron chi connectivity index (χ4n) is 3.75. The minimum absolute atomic E-state index is 0.835. The number of rotatable bonds is 5. The number of pyridine rings is 1. The van der Waals surface area contributed by atoms with E-state index in [0.717, 1.165) is 30.6 Å². The fourth-order valence-corrected chi connectivity index (χ4v) is 3.75. The molecular formula is C26H27BN2. The second kappa shape index (κ2) is 9.59. The molecule has 1 aliphatic rings. The van der Waals surface area contributed by atoms with Crippen LogP contribution < -0.4 is 5.46 Å². The number of likely N-dealkylation sites (tertiary alicyclic amines) is 1. The van der Waals surface area contributed by atoms with E-state index in [4.69, 9.17) is 0 Å². The largest absolute Gasteiger partial charge is 0.299 e. The van der Waals surface area contributed by atoms with Crippen molar-refractivity contribution in [1.82, 2.24) is 9.88 Å². The number of hydrogen-bond acceptors (Lipinski definition) is 2. The van der Waals surface area contributed by atoms with Crippen molar-refractivity contribution in [2.45, 2.75) is 32.2 Å². The van der Waals surface area contributed by atoms with Gasteiger partial charge in [-0.2, -0.15) is 0 Å². The quantitative estimate of drug-likeness (QED) is 0.498. The maximum absolute atomic E-state index is 4.50. The number of nitrogens with zero attached hydrogens (tertiary/aromatic N) is 2. The highest BCUT2D eigenvalue weighted by molar-refractivity contribution is 6.32. The summed E-state index contributed by atoms with van der Waals surface area (Å²) in [5.74, 6) is 6.46. The van der Waals surface area contributed by atoms with E-state index >= 15 is 0 Å². The van der Waals surface area contributed by atoms with Crippen LogP contribution in [-0.4, -0.2) is 30.8 Å². The molecule has 0 unspecified atom stereocenters. The molecule has 0 N–H and O–H groups in total. The van der Waals surface area contributed by atoms with Gasteiger partial charge in [0.25, 0.3) is 0 Å². The minimum atomic E-state index is 0.835. The lowest BCUT2D eigenvalue weighted by Gasteiger charge is -2.14. The monoisotopic (exact) mass is 378 g/mol. The molecule has 2 nitrogen and oxygen atoms in total. The van der Waals surface area contributed by atoms with Gasteiger partial charge in [-0.25, -0.2) is 4.98 Å². The van der Waals surface area contributed by atoms with Crippen LogP contribution in [0.1, 0.15) is 36.1 Å². The molecule has 144 valence electrons. The van der Waals surface area contributed by atoms with Crippen LogP contribution in [0.4, 0.5) is 0 Å². The standard InChI is InChI=1S/C26H27BN2/c27-25-14-11-23(12-15-25)24-13-16-26(28-19-24)6-2-1-5-21-7-9-22(10-8-21)20-29-17-3-4-18-29/h7-16,19H,1,3-5,17-18,20,27H2. The van der Waals surface area contributed by atoms with Gasteiger partial charge in [-0.3, -0.25) is 4.90 Å². The van der Waals surface area contributed by atoms with E-state index in [1.807, 2.05) is 12.3 Å². The average Bonchev–Trinajstić information content (AvgIpc) is 3.27. The Morgan fingerprint density at radius 3 is 2.21 bits per heavy atom. The molecule has 0 atom stereocenters. The molecule has 2 aromatic carbocycles. The molecule has 2 heterocycles. The first kappa shape index (κ1) is 19.5. The summed E-state index contributed by atoms with van der Waals surface area (Å²) in [4.78, 5) is 7.04. The molecule has 0 bridgehead atoms. The van der Waals surface area contributed by atoms with Crippen molar-refractivity contribution in [2.75, 3.05) is 13.1 Å². The van der Waals surface area contributed by atoms with Crippen molar-refractivity contribution in [2.24, 2.45) is 0 Å². The third kappa shape index (κ3) is 5.59. The van der Waals surface area contributed by atoms with Gasteiger partial charge in [0.2, 0.25) is 0 Å². The van der Waals surface area contributed by atoms with E-state index in [0.29, 0.717) is 0 Å². The summed E-state index contributed by atoms with van der Waals surface area (Å²) in [6.45, 7) is 3.58. The second-order valence-corrected chi connectivity index (χ2v) is 7.90. The third-order valence-corrected chi connectivity index (χ3v) is 5.53. The first-order chi connectivity index (χ1) is 14.3. The summed E-state index contributed by atoms with van der Waals surface area (Å²) >= 11 is 0. The smallest absolute Gasteiger partial charge is 0.139 e. The van der Waals surface area contributed by atoms with Crippen LogP contribution in [0.15, 0.2) is 66.9 Å². The Morgan fingerprint density at radius 1 is 0.828 bits per heavy atom. The van der Waals surface area contributed by atoms with Crippen LogP contribution >= 0.6 is 0 Å². The molecule has 0 amide bonds. The molecule has 3 heteroatoms. The van der Waals surface area contributed by atoms with Crippen LogP contribution in [0.3, 0.4) is 0 Å². The molecule has 1 fully saturated rings. The number of hydrogen-bond donors (Lipinski definition) is 0. The minimum Gasteiger partial charge on any atom is -0.299 e. The molecule has 4 rings (SSSR count). The van der Waals surface area contributed by atoms with Gasteiger partial charge in [0.1, 0.15) is 13.5 Å². The Kier molecular flexibility index (Phi) is 6.44. The van der Waals surface area contributed by atoms with E-state index < -0.39 is 0 Å². The molecule has 29 heavy (non-hydrogen) atoms. The van der Waals surface area contributed by atoms with Gasteiger partial charge in [0.15, 0.2) is 0 Å². The van der Waals surface area contributed by atoms with Gasteiger partial charge in [-0.1, -0.05) is 66.0 Å². The van der Waals surface area contributed by atoms with E-state index in [9.17, 15) is 0 Å². The number of aromatic nitrogens is 1. The molecule has 0 spiro atoms. The number of benzene rings is 2. The third-order valence-electron chi connectivity index (χ3n) is 5.53. The molecule has 0 radical (unpaired) electrons. The highest BCUT2D eigenvalue weighted by Crippen LogP contribution is 2.17. The summed E-state index contributed by atoms with van der Waals surface area (Å²) in [6.07, 6.45) is 6.44. The van der Waals surface area contributed by atoms with Crippen molar-refractivity contribution >= 4 is 13.3 Å². The predicted octanol–water partition coefficient (Wildman–Crippen LogP) is 3.59. The molecule has 3 aromatic rings. The van der Waals surface area contributed by atoms with E-state index in [-0.39, 0.29) is 0 Å². The Hall–Kier alpha value is -2.83. The average molecular weight is 378 g/mol. The number of aryl methyl sites for hydroxylation is 1. The van der Waals surface area contributed by atoms with Crippen molar-refractivity contribution in [1.29, 1.82) is 0 Å². The van der Waals surface area contributed by atoms with Crippen LogP contribution in [0.2, 0.25) is 0 Å². The van der Waals surface area contributed by atoms with Crippen LogP contribution in [0.5, 0.6) is 0 Å². The lowest BCUT2D eigenvalue weighted by Crippen LogP contribution is -2.18. The summed E-state index contributed by atoms with van der Waals surface area (Å²) in [7, 11) is 2.10. The Bertz CT molecular complexity index is 974. The van der Waals surface area contributed by atoms with Gasteiger partial charge in [-0.05, 0) is 61.0 Å². The highest BCUT2D eigenvalue weighted by Gasteiger charge is 2.11. The van der Waals surface area contributed by atoms with Crippen molar-refractivity contribution < 1.29 is 0 Å². The van der Waals surface area contributed by atoms with E-state index in [2.05, 4.69) is 84.2 Å². The predicted molar refractivity (Wildman–Crippen MR) is 124 cm³/mol. The van der Waals surface area contributed by atoms with E-state index in [1.54, 1.807) is 0 Å². The molecule has 1 aromatic heterocycles. The summed E-state index contributed by atoms with van der Waals surface area (Å²) in [5.41, 5.74) is 7.19. The lowest BCUT2D eigenvalue weighted by molar-refractivity contribution is 0.331. The van der Waals surface area contributed by atoms with Gasteiger partial charge in [0.05, 0.1) is 0 Å². The highest BCUT2D eigenvalue weighted by atomic mass is 15.1. The maximum atomic E-state index is 4.50. The zero-order chi connectivity index (χ0) is 19.9. The van der Waals surface area contributed by atoms with Gasteiger partial charge >= 0.3 is 0 Å². The SMILES string of the molecule is Bc1ccc(-c2ccc(C#CCCc3ccc(CN4CCCC4)cc3)nc2)cc1. The van der Waals surface area contributed by atoms with E-state index in [1.165, 1.54) is 48.1 Å². The Labute approximate surface area is 175 Å². The van der Waals surface area contributed by atoms with Crippen LogP contribution in [0.25, 0.3) is 11.1 Å². The zero-order valence-corrected chi connectivity index (χ0v) is 17.2. The first-order valence-electron chi connectivity index (χ1n) is 10.6. The summed E-state index contributed by atoms with van der Waals surface area (Å²) in [5, 5.41) is 0. The summed E-state index contributed by atoms with van der Waals surface area (Å²) < 4.78 is 0. The van der Waals surface area contributed by atoms with Crippen molar-refractivity contribution in [3.05, 3.63) is 83.7 Å². The topological polar surface area (TPSA) is 16.1 Å². The first-order valence-corrected chi connectivity index (χ1v) is 10.6. The Morgan fingerprint density at radius 2 is 1.52 bits per heavy atom. The molecular weight excluding hydrogens is 351 g/mol. The molecule has 0 aliphatic carbocycles. The van der Waals surface area contributed by atoms with Gasteiger partial charge < -0.3 is 0 Å². The van der Waals surface area contributed by atoms with Crippen molar-refractivity contribution in [3.8, 4) is 23.0 Å². The maximum Gasteiger partial charge on any atom is 0.139 e. The van der Waals surface area contributed by atoms with Crippen molar-refractivity contribution in [3.63, 3.8) is 0 Å². The molecule has 1 aliphatic heterocycles. The second-order valence-electron chi connectivity index (χ2n) is 7.90. The Balaban J connectivity index is 1.28. The van der Waals surface area contributed by atoms with Gasteiger partial charge in [-0.15, -0.1) is 0 Å². The lowest BCUT2D eigenvalue weighted by atomic mass is 9.94. The fraction of sp³-hybridized carbons (Fsp3) is 0.269. The molecule has 0 saturated carbocycles. The van der Waals surface area contributed by atoms with Gasteiger partial charge in [0, 0.05) is 24.7 Å².